The minimum Gasteiger partial charge on any atom is -0.387 e. The van der Waals surface area contributed by atoms with Crippen molar-refractivity contribution in [2.75, 3.05) is 25.0 Å². The molecule has 1 saturated heterocycles. The molecule has 27 heavy (non-hydrogen) atoms. The van der Waals surface area contributed by atoms with Crippen molar-refractivity contribution in [3.05, 3.63) is 59.3 Å². The highest BCUT2D eigenvalue weighted by molar-refractivity contribution is 5.92. The lowest BCUT2D eigenvalue weighted by Crippen LogP contribution is -2.42. The van der Waals surface area contributed by atoms with Gasteiger partial charge in [0.25, 0.3) is 0 Å². The van der Waals surface area contributed by atoms with E-state index in [1.165, 1.54) is 6.07 Å². The predicted octanol–water partition coefficient (Wildman–Crippen LogP) is 3.05. The Bertz CT molecular complexity index is 816. The number of benzene rings is 1. The first-order chi connectivity index (χ1) is 12.9. The van der Waals surface area contributed by atoms with E-state index < -0.39 is 17.7 Å². The summed E-state index contributed by atoms with van der Waals surface area (Å²) in [6.07, 6.45) is 2.27. The van der Waals surface area contributed by atoms with Gasteiger partial charge in [0, 0.05) is 19.3 Å². The maximum atomic E-state index is 13.4. The molecule has 1 amide bonds. The van der Waals surface area contributed by atoms with E-state index in [9.17, 15) is 18.7 Å². The fourth-order valence-corrected chi connectivity index (χ4v) is 3.34. The molecular weight excluding hydrogens is 352 g/mol. The van der Waals surface area contributed by atoms with Crippen molar-refractivity contribution in [2.45, 2.75) is 25.9 Å². The summed E-state index contributed by atoms with van der Waals surface area (Å²) in [5.74, 6) is -1.67. The number of pyridine rings is 1. The van der Waals surface area contributed by atoms with E-state index in [0.29, 0.717) is 17.9 Å². The van der Waals surface area contributed by atoms with Crippen LogP contribution >= 0.6 is 0 Å². The van der Waals surface area contributed by atoms with Gasteiger partial charge in [0.15, 0.2) is 11.6 Å². The van der Waals surface area contributed by atoms with Gasteiger partial charge in [0.05, 0.1) is 12.0 Å². The van der Waals surface area contributed by atoms with Gasteiger partial charge in [-0.2, -0.15) is 0 Å². The first kappa shape index (κ1) is 19.4. The van der Waals surface area contributed by atoms with Crippen LogP contribution in [0.15, 0.2) is 36.5 Å². The van der Waals surface area contributed by atoms with E-state index in [2.05, 4.69) is 10.3 Å². The Morgan fingerprint density at radius 3 is 2.93 bits per heavy atom. The summed E-state index contributed by atoms with van der Waals surface area (Å²) >= 11 is 0. The number of halogens is 2. The molecule has 2 N–H and O–H groups in total. The number of carbonyl (C=O) groups excluding carboxylic acids is 1. The highest BCUT2D eigenvalue weighted by atomic mass is 19.2. The minimum absolute atomic E-state index is 0.0937. The number of carbonyl (C=O) groups is 1. The number of aromatic nitrogens is 1. The van der Waals surface area contributed by atoms with E-state index in [1.54, 1.807) is 6.20 Å². The lowest BCUT2D eigenvalue weighted by atomic mass is 9.96. The molecule has 2 aromatic rings. The zero-order valence-electron chi connectivity index (χ0n) is 15.2. The number of nitrogens with one attached hydrogen (secondary N) is 1. The smallest absolute Gasteiger partial charge is 0.229 e. The zero-order chi connectivity index (χ0) is 19.4. The SMILES string of the molecule is Cc1cccnc1NC(=O)C1CCCN(CC(O)c2ccc(F)c(F)c2)C1. The Morgan fingerprint density at radius 1 is 1.37 bits per heavy atom. The molecule has 0 saturated carbocycles. The van der Waals surface area contributed by atoms with Crippen molar-refractivity contribution in [2.24, 2.45) is 5.92 Å². The molecule has 1 fully saturated rings. The lowest BCUT2D eigenvalue weighted by molar-refractivity contribution is -0.121. The molecule has 2 heterocycles. The van der Waals surface area contributed by atoms with Crippen LogP contribution in [0, 0.1) is 24.5 Å². The van der Waals surface area contributed by atoms with Crippen LogP contribution in [0.5, 0.6) is 0 Å². The van der Waals surface area contributed by atoms with Gasteiger partial charge in [-0.05, 0) is 55.6 Å². The molecule has 1 aliphatic rings. The minimum atomic E-state index is -0.979. The first-order valence-corrected chi connectivity index (χ1v) is 9.02. The van der Waals surface area contributed by atoms with Crippen molar-refractivity contribution < 1.29 is 18.7 Å². The monoisotopic (exact) mass is 375 g/mol. The summed E-state index contributed by atoms with van der Waals surface area (Å²) in [6, 6.07) is 7.09. The molecule has 0 radical (unpaired) electrons. The Balaban J connectivity index is 1.59. The van der Waals surface area contributed by atoms with Crippen LogP contribution in [0.3, 0.4) is 0 Å². The third-order valence-electron chi connectivity index (χ3n) is 4.89. The van der Waals surface area contributed by atoms with Gasteiger partial charge in [-0.15, -0.1) is 0 Å². The Labute approximate surface area is 157 Å². The number of hydrogen-bond donors (Lipinski definition) is 2. The van der Waals surface area contributed by atoms with Gasteiger partial charge < -0.3 is 10.4 Å². The maximum absolute atomic E-state index is 13.4. The van der Waals surface area contributed by atoms with Crippen LogP contribution in [0.25, 0.3) is 0 Å². The Hall–Kier alpha value is -2.38. The summed E-state index contributed by atoms with van der Waals surface area (Å²) in [6.45, 7) is 3.39. The van der Waals surface area contributed by atoms with Gasteiger partial charge >= 0.3 is 0 Å². The number of aryl methyl sites for hydroxylation is 1. The van der Waals surface area contributed by atoms with Gasteiger partial charge in [0.1, 0.15) is 5.82 Å². The lowest BCUT2D eigenvalue weighted by Gasteiger charge is -2.33. The highest BCUT2D eigenvalue weighted by Crippen LogP contribution is 2.23. The molecule has 3 rings (SSSR count). The molecule has 0 aliphatic carbocycles. The van der Waals surface area contributed by atoms with Gasteiger partial charge in [-0.25, -0.2) is 13.8 Å². The number of amides is 1. The van der Waals surface area contributed by atoms with E-state index >= 15 is 0 Å². The van der Waals surface area contributed by atoms with Crippen molar-refractivity contribution in [3.63, 3.8) is 0 Å². The molecule has 2 atom stereocenters. The number of hydrogen-bond acceptors (Lipinski definition) is 4. The normalized spacial score (nSPS) is 18.9. The molecule has 0 spiro atoms. The van der Waals surface area contributed by atoms with Gasteiger partial charge in [-0.1, -0.05) is 12.1 Å². The summed E-state index contributed by atoms with van der Waals surface area (Å²) in [7, 11) is 0. The number of nitrogens with zero attached hydrogens (tertiary/aromatic N) is 2. The largest absolute Gasteiger partial charge is 0.387 e. The topological polar surface area (TPSA) is 65.5 Å². The molecular formula is C20H23F2N3O2. The summed E-state index contributed by atoms with van der Waals surface area (Å²) in [4.78, 5) is 18.7. The van der Waals surface area contributed by atoms with Crippen LogP contribution in [-0.4, -0.2) is 40.5 Å². The fraction of sp³-hybridized carbons (Fsp3) is 0.400. The third-order valence-corrected chi connectivity index (χ3v) is 4.89. The van der Waals surface area contributed by atoms with Crippen molar-refractivity contribution in [1.29, 1.82) is 0 Å². The average Bonchev–Trinajstić information content (AvgIpc) is 2.66. The highest BCUT2D eigenvalue weighted by Gasteiger charge is 2.27. The van der Waals surface area contributed by atoms with Crippen LogP contribution in [0.2, 0.25) is 0 Å². The molecule has 1 aromatic heterocycles. The molecule has 0 bridgehead atoms. The standard InChI is InChI=1S/C20H23F2N3O2/c1-13-4-2-8-23-19(13)24-20(27)15-5-3-9-25(11-15)12-18(26)14-6-7-16(21)17(22)10-14/h2,4,6-8,10,15,18,26H,3,5,9,11-12H2,1H3,(H,23,24,27). The number of aliphatic hydroxyl groups is 1. The van der Waals surface area contributed by atoms with Gasteiger partial charge in [0.2, 0.25) is 5.91 Å². The molecule has 5 nitrogen and oxygen atoms in total. The third kappa shape index (κ3) is 4.87. The number of piperidine rings is 1. The van der Waals surface area contributed by atoms with Crippen molar-refractivity contribution in [1.82, 2.24) is 9.88 Å². The summed E-state index contributed by atoms with van der Waals surface area (Å²) in [5.41, 5.74) is 1.22. The summed E-state index contributed by atoms with van der Waals surface area (Å²) in [5, 5.41) is 13.2. The summed E-state index contributed by atoms with van der Waals surface area (Å²) < 4.78 is 26.4. The quantitative estimate of drug-likeness (QED) is 0.843. The maximum Gasteiger partial charge on any atom is 0.229 e. The van der Waals surface area contributed by atoms with E-state index in [0.717, 1.165) is 37.1 Å². The van der Waals surface area contributed by atoms with E-state index in [1.807, 2.05) is 24.0 Å². The van der Waals surface area contributed by atoms with Crippen LogP contribution in [0.1, 0.15) is 30.1 Å². The van der Waals surface area contributed by atoms with Crippen molar-refractivity contribution in [3.8, 4) is 0 Å². The predicted molar refractivity (Wildman–Crippen MR) is 98.1 cm³/mol. The molecule has 144 valence electrons. The second-order valence-corrected chi connectivity index (χ2v) is 6.95. The fourth-order valence-electron chi connectivity index (χ4n) is 3.34. The second kappa shape index (κ2) is 8.54. The first-order valence-electron chi connectivity index (χ1n) is 9.02. The average molecular weight is 375 g/mol. The molecule has 2 unspecified atom stereocenters. The molecule has 1 aliphatic heterocycles. The van der Waals surface area contributed by atoms with Gasteiger partial charge in [-0.3, -0.25) is 9.69 Å². The van der Waals surface area contributed by atoms with Crippen LogP contribution in [-0.2, 0) is 4.79 Å². The van der Waals surface area contributed by atoms with E-state index in [-0.39, 0.29) is 18.4 Å². The number of rotatable bonds is 5. The Kier molecular flexibility index (Phi) is 6.13. The zero-order valence-corrected chi connectivity index (χ0v) is 15.2. The number of anilines is 1. The number of likely N-dealkylation sites (tertiary alicyclic amines) is 1. The molecule has 1 aromatic carbocycles. The number of aliphatic hydroxyl groups excluding tert-OH is 1. The Morgan fingerprint density at radius 2 is 2.19 bits per heavy atom. The van der Waals surface area contributed by atoms with Crippen molar-refractivity contribution >= 4 is 11.7 Å². The number of β-amino-alcohol motifs (C(OH)–C–C–N with tert-alkyl or cyclic N) is 1. The van der Waals surface area contributed by atoms with E-state index in [4.69, 9.17) is 0 Å². The second-order valence-electron chi connectivity index (χ2n) is 6.95. The van der Waals surface area contributed by atoms with Crippen LogP contribution < -0.4 is 5.32 Å². The molecule has 7 heteroatoms. The van der Waals surface area contributed by atoms with Crippen LogP contribution in [0.4, 0.5) is 14.6 Å².